The first-order valence-corrected chi connectivity index (χ1v) is 7.61. The largest absolute Gasteiger partial charge is 0.477 e. The molecule has 1 fully saturated rings. The third-order valence-corrected chi connectivity index (χ3v) is 3.98. The van der Waals surface area contributed by atoms with Gasteiger partial charge in [0.05, 0.1) is 5.69 Å². The van der Waals surface area contributed by atoms with Crippen LogP contribution in [0.1, 0.15) is 16.2 Å². The van der Waals surface area contributed by atoms with E-state index in [1.54, 1.807) is 6.07 Å². The van der Waals surface area contributed by atoms with Gasteiger partial charge in [-0.3, -0.25) is 0 Å². The predicted octanol–water partition coefficient (Wildman–Crippen LogP) is 0.918. The highest BCUT2D eigenvalue weighted by molar-refractivity contribution is 7.99. The van der Waals surface area contributed by atoms with Gasteiger partial charge in [0.2, 0.25) is 0 Å². The second kappa shape index (κ2) is 7.47. The minimum absolute atomic E-state index is 0.104. The zero-order valence-electron chi connectivity index (χ0n) is 10.8. The van der Waals surface area contributed by atoms with Crippen molar-refractivity contribution in [2.45, 2.75) is 6.54 Å². The van der Waals surface area contributed by atoms with Crippen LogP contribution in [0.3, 0.4) is 0 Å². The van der Waals surface area contributed by atoms with Crippen LogP contribution in [0.25, 0.3) is 0 Å². The molecule has 0 aromatic carbocycles. The second-order valence-electron chi connectivity index (χ2n) is 4.45. The van der Waals surface area contributed by atoms with Crippen LogP contribution in [0.2, 0.25) is 0 Å². The smallest absolute Gasteiger partial charge is 0.354 e. The highest BCUT2D eigenvalue weighted by Crippen LogP contribution is 2.08. The minimum atomic E-state index is -0.979. The number of thioether (sulfide) groups is 1. The number of rotatable bonds is 6. The van der Waals surface area contributed by atoms with Gasteiger partial charge >= 0.3 is 5.97 Å². The molecule has 19 heavy (non-hydrogen) atoms. The Bertz CT molecular complexity index is 422. The van der Waals surface area contributed by atoms with Crippen LogP contribution in [0.4, 0.5) is 0 Å². The van der Waals surface area contributed by atoms with Crippen molar-refractivity contribution in [3.05, 3.63) is 29.6 Å². The van der Waals surface area contributed by atoms with Crippen molar-refractivity contribution in [2.24, 2.45) is 0 Å². The summed E-state index contributed by atoms with van der Waals surface area (Å²) in [7, 11) is 0. The van der Waals surface area contributed by atoms with Crippen molar-refractivity contribution in [1.82, 2.24) is 15.2 Å². The van der Waals surface area contributed by atoms with E-state index in [0.29, 0.717) is 6.54 Å². The summed E-state index contributed by atoms with van der Waals surface area (Å²) >= 11 is 2.01. The second-order valence-corrected chi connectivity index (χ2v) is 5.67. The normalized spacial score (nSPS) is 16.4. The van der Waals surface area contributed by atoms with Crippen molar-refractivity contribution in [1.29, 1.82) is 0 Å². The van der Waals surface area contributed by atoms with Gasteiger partial charge in [0.1, 0.15) is 5.69 Å². The van der Waals surface area contributed by atoms with Gasteiger partial charge in [-0.25, -0.2) is 9.78 Å². The van der Waals surface area contributed by atoms with Crippen LogP contribution in [0.15, 0.2) is 18.2 Å². The van der Waals surface area contributed by atoms with E-state index in [9.17, 15) is 4.79 Å². The SMILES string of the molecule is O=C(O)c1cccc(CNCCN2CCSCC2)n1. The van der Waals surface area contributed by atoms with Gasteiger partial charge < -0.3 is 15.3 Å². The molecule has 1 aromatic heterocycles. The Morgan fingerprint density at radius 3 is 2.95 bits per heavy atom. The molecule has 0 amide bonds. The number of hydrogen-bond donors (Lipinski definition) is 2. The van der Waals surface area contributed by atoms with E-state index in [4.69, 9.17) is 5.11 Å². The molecule has 2 heterocycles. The Labute approximate surface area is 117 Å². The Morgan fingerprint density at radius 1 is 1.42 bits per heavy atom. The molecule has 0 atom stereocenters. The number of nitrogens with zero attached hydrogens (tertiary/aromatic N) is 2. The van der Waals surface area contributed by atoms with Crippen molar-refractivity contribution >= 4 is 17.7 Å². The number of pyridine rings is 1. The van der Waals surface area contributed by atoms with Crippen LogP contribution < -0.4 is 5.32 Å². The lowest BCUT2D eigenvalue weighted by molar-refractivity contribution is 0.0690. The molecule has 0 saturated carbocycles. The third-order valence-electron chi connectivity index (χ3n) is 3.04. The number of hydrogen-bond acceptors (Lipinski definition) is 5. The van der Waals surface area contributed by atoms with E-state index < -0.39 is 5.97 Å². The summed E-state index contributed by atoms with van der Waals surface area (Å²) in [6.07, 6.45) is 0. The zero-order chi connectivity index (χ0) is 13.5. The van der Waals surface area contributed by atoms with E-state index in [1.807, 2.05) is 17.8 Å². The molecule has 6 heteroatoms. The third kappa shape index (κ3) is 4.81. The molecular weight excluding hydrogens is 262 g/mol. The molecule has 1 aliphatic rings. The molecule has 0 radical (unpaired) electrons. The van der Waals surface area contributed by atoms with Crippen LogP contribution in [0, 0.1) is 0 Å². The zero-order valence-corrected chi connectivity index (χ0v) is 11.7. The van der Waals surface area contributed by atoms with Gasteiger partial charge in [0.25, 0.3) is 0 Å². The summed E-state index contributed by atoms with van der Waals surface area (Å²) in [6, 6.07) is 5.09. The quantitative estimate of drug-likeness (QED) is 0.756. The fourth-order valence-electron chi connectivity index (χ4n) is 1.98. The van der Waals surface area contributed by atoms with E-state index in [1.165, 1.54) is 30.7 Å². The summed E-state index contributed by atoms with van der Waals surface area (Å²) < 4.78 is 0. The Kier molecular flexibility index (Phi) is 5.62. The Hall–Kier alpha value is -1.11. The standard InChI is InChI=1S/C13H19N3O2S/c17-13(18)12-3-1-2-11(15-12)10-14-4-5-16-6-8-19-9-7-16/h1-3,14H,4-10H2,(H,17,18). The first-order valence-electron chi connectivity index (χ1n) is 6.46. The topological polar surface area (TPSA) is 65.5 Å². The van der Waals surface area contributed by atoms with Gasteiger partial charge in [0, 0.05) is 44.2 Å². The molecule has 1 aromatic rings. The van der Waals surface area contributed by atoms with E-state index >= 15 is 0 Å². The number of aromatic carboxylic acids is 1. The fraction of sp³-hybridized carbons (Fsp3) is 0.538. The van der Waals surface area contributed by atoms with Crippen molar-refractivity contribution in [2.75, 3.05) is 37.7 Å². The average Bonchev–Trinajstić information content (AvgIpc) is 2.45. The number of carboxylic acids is 1. The van der Waals surface area contributed by atoms with Crippen LogP contribution in [-0.4, -0.2) is 58.6 Å². The molecule has 104 valence electrons. The van der Waals surface area contributed by atoms with Gasteiger partial charge in [-0.05, 0) is 12.1 Å². The minimum Gasteiger partial charge on any atom is -0.477 e. The van der Waals surface area contributed by atoms with E-state index in [2.05, 4.69) is 15.2 Å². The maximum atomic E-state index is 10.8. The van der Waals surface area contributed by atoms with Gasteiger partial charge in [-0.15, -0.1) is 0 Å². The van der Waals surface area contributed by atoms with Crippen LogP contribution >= 0.6 is 11.8 Å². The summed E-state index contributed by atoms with van der Waals surface area (Å²) in [4.78, 5) is 17.3. The van der Waals surface area contributed by atoms with Crippen molar-refractivity contribution < 1.29 is 9.90 Å². The Balaban J connectivity index is 1.70. The maximum Gasteiger partial charge on any atom is 0.354 e. The van der Waals surface area contributed by atoms with Crippen LogP contribution in [0.5, 0.6) is 0 Å². The summed E-state index contributed by atoms with van der Waals surface area (Å²) in [5.41, 5.74) is 0.876. The summed E-state index contributed by atoms with van der Waals surface area (Å²) in [6.45, 7) is 4.89. The average molecular weight is 281 g/mol. The van der Waals surface area contributed by atoms with Gasteiger partial charge in [0.15, 0.2) is 0 Å². The number of carbonyl (C=O) groups is 1. The van der Waals surface area contributed by atoms with Gasteiger partial charge in [-0.2, -0.15) is 11.8 Å². The van der Waals surface area contributed by atoms with E-state index in [0.717, 1.165) is 18.8 Å². The molecular formula is C13H19N3O2S. The maximum absolute atomic E-state index is 10.8. The van der Waals surface area contributed by atoms with E-state index in [-0.39, 0.29) is 5.69 Å². The molecule has 1 saturated heterocycles. The number of carboxylic acid groups (broad SMARTS) is 1. The molecule has 0 spiro atoms. The monoisotopic (exact) mass is 281 g/mol. The summed E-state index contributed by atoms with van der Waals surface area (Å²) in [5.74, 6) is 1.47. The Morgan fingerprint density at radius 2 is 2.21 bits per heavy atom. The lowest BCUT2D eigenvalue weighted by Gasteiger charge is -2.26. The molecule has 0 unspecified atom stereocenters. The number of aromatic nitrogens is 1. The first kappa shape index (κ1) is 14.3. The molecule has 5 nitrogen and oxygen atoms in total. The lowest BCUT2D eigenvalue weighted by atomic mass is 10.3. The highest BCUT2D eigenvalue weighted by Gasteiger charge is 2.09. The first-order chi connectivity index (χ1) is 9.25. The molecule has 0 aliphatic carbocycles. The van der Waals surface area contributed by atoms with Crippen molar-refractivity contribution in [3.63, 3.8) is 0 Å². The molecule has 0 bridgehead atoms. The molecule has 1 aliphatic heterocycles. The molecule has 2 N–H and O–H groups in total. The number of nitrogens with one attached hydrogen (secondary N) is 1. The van der Waals surface area contributed by atoms with Crippen LogP contribution in [-0.2, 0) is 6.54 Å². The fourth-order valence-corrected chi connectivity index (χ4v) is 2.95. The lowest BCUT2D eigenvalue weighted by Crippen LogP contribution is -2.37. The summed E-state index contributed by atoms with van der Waals surface area (Å²) in [5, 5.41) is 12.2. The predicted molar refractivity (Wildman–Crippen MR) is 76.7 cm³/mol. The van der Waals surface area contributed by atoms with Crippen molar-refractivity contribution in [3.8, 4) is 0 Å². The highest BCUT2D eigenvalue weighted by atomic mass is 32.2. The van der Waals surface area contributed by atoms with Gasteiger partial charge in [-0.1, -0.05) is 6.07 Å². The molecule has 2 rings (SSSR count).